The summed E-state index contributed by atoms with van der Waals surface area (Å²) in [6.07, 6.45) is 6.49. The second-order valence-electron chi connectivity index (χ2n) is 5.75. The van der Waals surface area contributed by atoms with Crippen LogP contribution in [0.1, 0.15) is 57.2 Å². The Labute approximate surface area is 109 Å². The van der Waals surface area contributed by atoms with Crippen LogP contribution in [0, 0.1) is 5.41 Å². The molecule has 0 aromatic carbocycles. The maximum atomic E-state index is 4.62. The first-order valence-corrected chi connectivity index (χ1v) is 7.66. The lowest BCUT2D eigenvalue weighted by atomic mass is 9.73. The molecule has 96 valence electrons. The summed E-state index contributed by atoms with van der Waals surface area (Å²) in [7, 11) is 0. The normalized spacial score (nSPS) is 23.8. The SMILES string of the molecule is CCc1nc(CNC2CCCCC2(C)C)cs1. The van der Waals surface area contributed by atoms with Crippen molar-refractivity contribution in [2.24, 2.45) is 5.41 Å². The van der Waals surface area contributed by atoms with Crippen molar-refractivity contribution in [2.45, 2.75) is 65.5 Å². The summed E-state index contributed by atoms with van der Waals surface area (Å²) in [5.41, 5.74) is 1.66. The van der Waals surface area contributed by atoms with Crippen LogP contribution in [0.3, 0.4) is 0 Å². The van der Waals surface area contributed by atoms with Gasteiger partial charge < -0.3 is 5.32 Å². The molecule has 17 heavy (non-hydrogen) atoms. The monoisotopic (exact) mass is 252 g/mol. The molecule has 3 heteroatoms. The Morgan fingerprint density at radius 2 is 2.29 bits per heavy atom. The highest BCUT2D eigenvalue weighted by Crippen LogP contribution is 2.35. The molecule has 0 amide bonds. The second-order valence-corrected chi connectivity index (χ2v) is 6.70. The van der Waals surface area contributed by atoms with Gasteiger partial charge in [-0.15, -0.1) is 11.3 Å². The lowest BCUT2D eigenvalue weighted by Gasteiger charge is -2.39. The van der Waals surface area contributed by atoms with E-state index in [1.165, 1.54) is 36.4 Å². The van der Waals surface area contributed by atoms with E-state index in [0.717, 1.165) is 13.0 Å². The predicted molar refractivity (Wildman–Crippen MR) is 74.4 cm³/mol. The van der Waals surface area contributed by atoms with Crippen LogP contribution in [0.5, 0.6) is 0 Å². The van der Waals surface area contributed by atoms with E-state index in [-0.39, 0.29) is 0 Å². The van der Waals surface area contributed by atoms with Gasteiger partial charge in [0.2, 0.25) is 0 Å². The van der Waals surface area contributed by atoms with Gasteiger partial charge in [0.1, 0.15) is 0 Å². The molecule has 1 saturated carbocycles. The standard InChI is InChI=1S/C14H24N2S/c1-4-13-16-11(10-17-13)9-15-12-7-5-6-8-14(12,2)3/h10,12,15H,4-9H2,1-3H3. The first kappa shape index (κ1) is 13.0. The molecule has 1 fully saturated rings. The molecule has 1 aromatic heterocycles. The Kier molecular flexibility index (Phi) is 4.21. The average molecular weight is 252 g/mol. The van der Waals surface area contributed by atoms with Crippen LogP contribution in [0.4, 0.5) is 0 Å². The van der Waals surface area contributed by atoms with E-state index in [1.54, 1.807) is 11.3 Å². The van der Waals surface area contributed by atoms with E-state index >= 15 is 0 Å². The smallest absolute Gasteiger partial charge is 0.0926 e. The van der Waals surface area contributed by atoms with E-state index in [9.17, 15) is 0 Å². The summed E-state index contributed by atoms with van der Waals surface area (Å²) in [6, 6.07) is 0.656. The van der Waals surface area contributed by atoms with Crippen LogP contribution in [0.2, 0.25) is 0 Å². The van der Waals surface area contributed by atoms with Gasteiger partial charge in [-0.25, -0.2) is 4.98 Å². The number of aryl methyl sites for hydroxylation is 1. The number of hydrogen-bond acceptors (Lipinski definition) is 3. The molecule has 1 unspecified atom stereocenters. The topological polar surface area (TPSA) is 24.9 Å². The number of nitrogens with zero attached hydrogens (tertiary/aromatic N) is 1. The molecule has 0 spiro atoms. The quantitative estimate of drug-likeness (QED) is 0.882. The fraction of sp³-hybridized carbons (Fsp3) is 0.786. The summed E-state index contributed by atoms with van der Waals surface area (Å²) in [5, 5.41) is 7.16. The molecule has 0 bridgehead atoms. The highest BCUT2D eigenvalue weighted by atomic mass is 32.1. The van der Waals surface area contributed by atoms with Gasteiger partial charge in [-0.2, -0.15) is 0 Å². The third-order valence-electron chi connectivity index (χ3n) is 3.94. The van der Waals surface area contributed by atoms with Gasteiger partial charge in [-0.1, -0.05) is 33.6 Å². The maximum absolute atomic E-state index is 4.62. The molecule has 0 radical (unpaired) electrons. The molecule has 1 heterocycles. The predicted octanol–water partition coefficient (Wildman–Crippen LogP) is 3.76. The van der Waals surface area contributed by atoms with Crippen LogP contribution >= 0.6 is 11.3 Å². The zero-order valence-corrected chi connectivity index (χ0v) is 12.1. The van der Waals surface area contributed by atoms with Crippen molar-refractivity contribution in [3.05, 3.63) is 16.1 Å². The van der Waals surface area contributed by atoms with Crippen molar-refractivity contribution in [1.82, 2.24) is 10.3 Å². The van der Waals surface area contributed by atoms with Gasteiger partial charge in [0, 0.05) is 18.0 Å². The molecule has 2 rings (SSSR count). The molecule has 0 aliphatic heterocycles. The molecule has 1 aliphatic carbocycles. The molecule has 0 saturated heterocycles. The number of thiazole rings is 1. The summed E-state index contributed by atoms with van der Waals surface area (Å²) >= 11 is 1.78. The molecule has 2 nitrogen and oxygen atoms in total. The summed E-state index contributed by atoms with van der Waals surface area (Å²) < 4.78 is 0. The van der Waals surface area contributed by atoms with Gasteiger partial charge in [-0.3, -0.25) is 0 Å². The Hall–Kier alpha value is -0.410. The number of aromatic nitrogens is 1. The Morgan fingerprint density at radius 1 is 1.47 bits per heavy atom. The molecule has 1 atom stereocenters. The highest BCUT2D eigenvalue weighted by Gasteiger charge is 2.31. The lowest BCUT2D eigenvalue weighted by Crippen LogP contribution is -2.43. The fourth-order valence-electron chi connectivity index (χ4n) is 2.69. The minimum Gasteiger partial charge on any atom is -0.308 e. The van der Waals surface area contributed by atoms with E-state index in [1.807, 2.05) is 0 Å². The largest absolute Gasteiger partial charge is 0.308 e. The van der Waals surface area contributed by atoms with Gasteiger partial charge >= 0.3 is 0 Å². The fourth-order valence-corrected chi connectivity index (χ4v) is 3.44. The van der Waals surface area contributed by atoms with Crippen molar-refractivity contribution in [3.63, 3.8) is 0 Å². The van der Waals surface area contributed by atoms with E-state index in [0.29, 0.717) is 11.5 Å². The van der Waals surface area contributed by atoms with E-state index < -0.39 is 0 Å². The van der Waals surface area contributed by atoms with Crippen molar-refractivity contribution in [1.29, 1.82) is 0 Å². The number of rotatable bonds is 4. The van der Waals surface area contributed by atoms with Crippen molar-refractivity contribution in [2.75, 3.05) is 0 Å². The van der Waals surface area contributed by atoms with E-state index in [4.69, 9.17) is 0 Å². The average Bonchev–Trinajstić information content (AvgIpc) is 2.75. The molecule has 1 aliphatic rings. The third-order valence-corrected chi connectivity index (χ3v) is 4.98. The second kappa shape index (κ2) is 5.49. The van der Waals surface area contributed by atoms with Crippen LogP contribution < -0.4 is 5.32 Å². The third kappa shape index (κ3) is 3.29. The summed E-state index contributed by atoms with van der Waals surface area (Å²) in [4.78, 5) is 4.62. The van der Waals surface area contributed by atoms with Crippen molar-refractivity contribution in [3.8, 4) is 0 Å². The van der Waals surface area contributed by atoms with Crippen molar-refractivity contribution < 1.29 is 0 Å². The molecule has 1 aromatic rings. The van der Waals surface area contributed by atoms with Gasteiger partial charge in [0.15, 0.2) is 0 Å². The van der Waals surface area contributed by atoms with Crippen LogP contribution in [-0.2, 0) is 13.0 Å². The van der Waals surface area contributed by atoms with Crippen LogP contribution in [0.15, 0.2) is 5.38 Å². The Bertz CT molecular complexity index is 357. The first-order valence-electron chi connectivity index (χ1n) is 6.78. The highest BCUT2D eigenvalue weighted by molar-refractivity contribution is 7.09. The van der Waals surface area contributed by atoms with Crippen molar-refractivity contribution >= 4 is 11.3 Å². The van der Waals surface area contributed by atoms with Crippen LogP contribution in [0.25, 0.3) is 0 Å². The lowest BCUT2D eigenvalue weighted by molar-refractivity contribution is 0.166. The van der Waals surface area contributed by atoms with Gasteiger partial charge in [-0.05, 0) is 24.7 Å². The minimum absolute atomic E-state index is 0.446. The maximum Gasteiger partial charge on any atom is 0.0926 e. The first-order chi connectivity index (χ1) is 8.12. The minimum atomic E-state index is 0.446. The van der Waals surface area contributed by atoms with Crippen LogP contribution in [-0.4, -0.2) is 11.0 Å². The summed E-state index contributed by atoms with van der Waals surface area (Å²) in [5.74, 6) is 0. The van der Waals surface area contributed by atoms with E-state index in [2.05, 4.69) is 36.5 Å². The molecular formula is C14H24N2S. The zero-order chi connectivity index (χ0) is 12.3. The Balaban J connectivity index is 1.88. The number of nitrogens with one attached hydrogen (secondary N) is 1. The number of hydrogen-bond donors (Lipinski definition) is 1. The molecule has 1 N–H and O–H groups in total. The molecular weight excluding hydrogens is 228 g/mol. The van der Waals surface area contributed by atoms with Gasteiger partial charge in [0.05, 0.1) is 10.7 Å². The zero-order valence-electron chi connectivity index (χ0n) is 11.3. The Morgan fingerprint density at radius 3 is 2.94 bits per heavy atom. The van der Waals surface area contributed by atoms with Gasteiger partial charge in [0.25, 0.3) is 0 Å². The summed E-state index contributed by atoms with van der Waals surface area (Å²) in [6.45, 7) is 7.88.